The van der Waals surface area contributed by atoms with E-state index in [4.69, 9.17) is 9.47 Å². The summed E-state index contributed by atoms with van der Waals surface area (Å²) in [4.78, 5) is 17.3. The van der Waals surface area contributed by atoms with E-state index >= 15 is 0 Å². The minimum atomic E-state index is -0.0479. The maximum atomic E-state index is 12.3. The molecular formula is C18H21N3O3S. The van der Waals surface area contributed by atoms with Crippen molar-refractivity contribution >= 4 is 17.2 Å². The van der Waals surface area contributed by atoms with Crippen molar-refractivity contribution in [2.24, 2.45) is 5.92 Å². The number of nitrogens with zero attached hydrogens (tertiary/aromatic N) is 1. The van der Waals surface area contributed by atoms with E-state index < -0.39 is 0 Å². The average molecular weight is 359 g/mol. The molecule has 1 atom stereocenters. The van der Waals surface area contributed by atoms with Crippen LogP contribution in [0, 0.1) is 5.92 Å². The van der Waals surface area contributed by atoms with Crippen LogP contribution in [0.5, 0.6) is 11.5 Å². The summed E-state index contributed by atoms with van der Waals surface area (Å²) in [5, 5.41) is 7.22. The summed E-state index contributed by atoms with van der Waals surface area (Å²) in [5.41, 5.74) is 0.932. The topological polar surface area (TPSA) is 72.5 Å². The first kappa shape index (κ1) is 16.4. The number of nitrogens with one attached hydrogen (secondary N) is 2. The number of amides is 1. The largest absolute Gasteiger partial charge is 0.454 e. The highest BCUT2D eigenvalue weighted by Gasteiger charge is 2.17. The monoisotopic (exact) mass is 359 g/mol. The second kappa shape index (κ2) is 7.41. The first-order valence-corrected chi connectivity index (χ1v) is 9.46. The van der Waals surface area contributed by atoms with Crippen LogP contribution in [0.15, 0.2) is 24.4 Å². The molecule has 2 aromatic rings. The van der Waals surface area contributed by atoms with Crippen LogP contribution in [-0.2, 0) is 0 Å². The molecule has 3 heterocycles. The van der Waals surface area contributed by atoms with Gasteiger partial charge in [0.25, 0.3) is 5.91 Å². The number of thiazole rings is 1. The number of carbonyl (C=O) groups excluding carboxylic acids is 1. The van der Waals surface area contributed by atoms with E-state index in [1.165, 1.54) is 24.2 Å². The van der Waals surface area contributed by atoms with Gasteiger partial charge in [0, 0.05) is 12.1 Å². The van der Waals surface area contributed by atoms with E-state index in [0.717, 1.165) is 41.6 Å². The summed E-state index contributed by atoms with van der Waals surface area (Å²) in [6.07, 6.45) is 5.14. The zero-order chi connectivity index (χ0) is 17.1. The zero-order valence-corrected chi connectivity index (χ0v) is 14.7. The molecule has 1 fully saturated rings. The fraction of sp³-hybridized carbons (Fsp3) is 0.444. The third-order valence-corrected chi connectivity index (χ3v) is 5.63. The van der Waals surface area contributed by atoms with Gasteiger partial charge in [0.2, 0.25) is 6.79 Å². The Hall–Kier alpha value is -2.12. The van der Waals surface area contributed by atoms with E-state index in [9.17, 15) is 4.79 Å². The quantitative estimate of drug-likeness (QED) is 0.859. The van der Waals surface area contributed by atoms with Crippen molar-refractivity contribution < 1.29 is 14.3 Å². The second-order valence-corrected chi connectivity index (χ2v) is 7.39. The maximum absolute atomic E-state index is 12.3. The minimum absolute atomic E-state index is 0.0479. The molecule has 2 aliphatic rings. The minimum Gasteiger partial charge on any atom is -0.454 e. The van der Waals surface area contributed by atoms with Crippen molar-refractivity contribution in [3.63, 3.8) is 0 Å². The van der Waals surface area contributed by atoms with Crippen LogP contribution in [0.25, 0.3) is 10.6 Å². The van der Waals surface area contributed by atoms with Gasteiger partial charge in [-0.3, -0.25) is 4.79 Å². The molecule has 0 bridgehead atoms. The number of fused-ring (bicyclic) bond motifs is 1. The Labute approximate surface area is 150 Å². The van der Waals surface area contributed by atoms with Gasteiger partial charge in [0.05, 0.1) is 6.20 Å². The molecular weight excluding hydrogens is 338 g/mol. The molecule has 132 valence electrons. The zero-order valence-electron chi connectivity index (χ0n) is 13.9. The molecule has 1 aromatic heterocycles. The number of hydrogen-bond acceptors (Lipinski definition) is 6. The van der Waals surface area contributed by atoms with Gasteiger partial charge in [-0.15, -0.1) is 11.3 Å². The molecule has 7 heteroatoms. The second-order valence-electron chi connectivity index (χ2n) is 6.35. The van der Waals surface area contributed by atoms with Crippen molar-refractivity contribution in [1.82, 2.24) is 15.6 Å². The van der Waals surface area contributed by atoms with Crippen molar-refractivity contribution in [3.8, 4) is 22.1 Å². The van der Waals surface area contributed by atoms with Gasteiger partial charge in [-0.05, 0) is 56.5 Å². The van der Waals surface area contributed by atoms with E-state index in [1.807, 2.05) is 18.2 Å². The van der Waals surface area contributed by atoms with E-state index in [2.05, 4.69) is 15.6 Å². The number of carbonyl (C=O) groups is 1. The Morgan fingerprint density at radius 2 is 2.28 bits per heavy atom. The number of piperidine rings is 1. The Balaban J connectivity index is 1.34. The lowest BCUT2D eigenvalue weighted by molar-refractivity contribution is 0.0954. The Bertz CT molecular complexity index is 756. The van der Waals surface area contributed by atoms with Crippen LogP contribution < -0.4 is 20.1 Å². The van der Waals surface area contributed by atoms with E-state index in [0.29, 0.717) is 17.3 Å². The fourth-order valence-corrected chi connectivity index (χ4v) is 4.02. The molecule has 2 N–H and O–H groups in total. The van der Waals surface area contributed by atoms with E-state index in [-0.39, 0.29) is 12.7 Å². The number of ether oxygens (including phenoxy) is 2. The van der Waals surface area contributed by atoms with Gasteiger partial charge in [0.15, 0.2) is 11.5 Å². The molecule has 2 aliphatic heterocycles. The maximum Gasteiger partial charge on any atom is 0.263 e. The lowest BCUT2D eigenvalue weighted by Crippen LogP contribution is -2.33. The van der Waals surface area contributed by atoms with E-state index in [1.54, 1.807) is 6.20 Å². The van der Waals surface area contributed by atoms with Gasteiger partial charge in [-0.1, -0.05) is 0 Å². The molecule has 1 amide bonds. The lowest BCUT2D eigenvalue weighted by Gasteiger charge is -2.22. The SMILES string of the molecule is O=C(NCCC1CCCNC1)c1cnc(-c2ccc3c(c2)OCO3)s1. The lowest BCUT2D eigenvalue weighted by atomic mass is 9.96. The van der Waals surface area contributed by atoms with Gasteiger partial charge in [-0.2, -0.15) is 0 Å². The van der Waals surface area contributed by atoms with Crippen molar-refractivity contribution in [2.75, 3.05) is 26.4 Å². The third kappa shape index (κ3) is 3.77. The van der Waals surface area contributed by atoms with Crippen LogP contribution in [0.4, 0.5) is 0 Å². The normalized spacial score (nSPS) is 19.0. The van der Waals surface area contributed by atoms with Crippen molar-refractivity contribution in [3.05, 3.63) is 29.3 Å². The predicted molar refractivity (Wildman–Crippen MR) is 96.2 cm³/mol. The van der Waals surface area contributed by atoms with Gasteiger partial charge in [-0.25, -0.2) is 4.98 Å². The van der Waals surface area contributed by atoms with Crippen LogP contribution in [-0.4, -0.2) is 37.3 Å². The van der Waals surface area contributed by atoms with Crippen LogP contribution in [0.1, 0.15) is 28.9 Å². The summed E-state index contributed by atoms with van der Waals surface area (Å²) < 4.78 is 10.7. The summed E-state index contributed by atoms with van der Waals surface area (Å²) in [6.45, 7) is 3.14. The smallest absolute Gasteiger partial charge is 0.263 e. The number of aromatic nitrogens is 1. The number of benzene rings is 1. The summed E-state index contributed by atoms with van der Waals surface area (Å²) in [5.74, 6) is 2.09. The Morgan fingerprint density at radius 1 is 1.36 bits per heavy atom. The Morgan fingerprint density at radius 3 is 3.16 bits per heavy atom. The third-order valence-electron chi connectivity index (χ3n) is 4.59. The molecule has 6 nitrogen and oxygen atoms in total. The molecule has 1 unspecified atom stereocenters. The molecule has 1 aromatic carbocycles. The molecule has 25 heavy (non-hydrogen) atoms. The van der Waals surface area contributed by atoms with Crippen LogP contribution in [0.2, 0.25) is 0 Å². The predicted octanol–water partition coefficient (Wildman–Crippen LogP) is 2.66. The van der Waals surface area contributed by atoms with Gasteiger partial charge < -0.3 is 20.1 Å². The van der Waals surface area contributed by atoms with Gasteiger partial charge >= 0.3 is 0 Å². The first-order valence-electron chi connectivity index (χ1n) is 8.64. The average Bonchev–Trinajstić information content (AvgIpc) is 3.31. The van der Waals surface area contributed by atoms with Crippen LogP contribution in [0.3, 0.4) is 0 Å². The highest BCUT2D eigenvalue weighted by atomic mass is 32.1. The van der Waals surface area contributed by atoms with Crippen molar-refractivity contribution in [1.29, 1.82) is 0 Å². The standard InChI is InChI=1S/C18H21N3O3S/c22-17(20-7-5-12-2-1-6-19-9-12)16-10-21-18(25-16)13-3-4-14-15(8-13)24-11-23-14/h3-4,8,10,12,19H,1-2,5-7,9,11H2,(H,20,22). The molecule has 0 saturated carbocycles. The molecule has 4 rings (SSSR count). The molecule has 0 radical (unpaired) electrons. The summed E-state index contributed by atoms with van der Waals surface area (Å²) in [6, 6.07) is 5.71. The highest BCUT2D eigenvalue weighted by Crippen LogP contribution is 2.36. The van der Waals surface area contributed by atoms with Gasteiger partial charge in [0.1, 0.15) is 9.88 Å². The molecule has 0 spiro atoms. The summed E-state index contributed by atoms with van der Waals surface area (Å²) in [7, 11) is 0. The molecule has 1 saturated heterocycles. The van der Waals surface area contributed by atoms with Crippen molar-refractivity contribution in [2.45, 2.75) is 19.3 Å². The molecule has 0 aliphatic carbocycles. The number of hydrogen-bond donors (Lipinski definition) is 2. The number of rotatable bonds is 5. The fourth-order valence-electron chi connectivity index (χ4n) is 3.19. The highest BCUT2D eigenvalue weighted by molar-refractivity contribution is 7.16. The first-order chi connectivity index (χ1) is 12.3. The summed E-state index contributed by atoms with van der Waals surface area (Å²) >= 11 is 1.39. The van der Waals surface area contributed by atoms with Crippen LogP contribution >= 0.6 is 11.3 Å². The Kier molecular flexibility index (Phi) is 4.85.